The first kappa shape index (κ1) is 14.4. The van der Waals surface area contributed by atoms with Crippen LogP contribution in [0.3, 0.4) is 0 Å². The SMILES string of the molecule is COC(=O)C(CO)Nc1ccc([N+](=O)[O-])cc1Br. The maximum Gasteiger partial charge on any atom is 0.330 e. The van der Waals surface area contributed by atoms with Crippen LogP contribution in [0.2, 0.25) is 0 Å². The number of halogens is 1. The van der Waals surface area contributed by atoms with Crippen LogP contribution in [0.1, 0.15) is 0 Å². The predicted octanol–water partition coefficient (Wildman–Crippen LogP) is 1.30. The molecular weight excluding hydrogens is 308 g/mol. The van der Waals surface area contributed by atoms with Crippen molar-refractivity contribution >= 4 is 33.3 Å². The van der Waals surface area contributed by atoms with E-state index < -0.39 is 23.5 Å². The molecular formula is C10H11BrN2O5. The lowest BCUT2D eigenvalue weighted by molar-refractivity contribution is -0.384. The third kappa shape index (κ3) is 3.41. The van der Waals surface area contributed by atoms with Gasteiger partial charge in [0.25, 0.3) is 5.69 Å². The fraction of sp³-hybridized carbons (Fsp3) is 0.300. The lowest BCUT2D eigenvalue weighted by Gasteiger charge is -2.16. The van der Waals surface area contributed by atoms with Gasteiger partial charge in [-0.1, -0.05) is 0 Å². The van der Waals surface area contributed by atoms with E-state index in [1.54, 1.807) is 0 Å². The minimum atomic E-state index is -0.923. The van der Waals surface area contributed by atoms with E-state index in [4.69, 9.17) is 5.11 Å². The number of carbonyl (C=O) groups is 1. The molecule has 1 rings (SSSR count). The number of methoxy groups -OCH3 is 1. The van der Waals surface area contributed by atoms with Gasteiger partial charge in [-0.05, 0) is 22.0 Å². The van der Waals surface area contributed by atoms with E-state index in [0.29, 0.717) is 10.2 Å². The van der Waals surface area contributed by atoms with Gasteiger partial charge >= 0.3 is 5.97 Å². The number of aliphatic hydroxyl groups is 1. The van der Waals surface area contributed by atoms with Crippen LogP contribution in [0.5, 0.6) is 0 Å². The average molecular weight is 319 g/mol. The molecule has 18 heavy (non-hydrogen) atoms. The zero-order chi connectivity index (χ0) is 13.7. The molecule has 8 heteroatoms. The van der Waals surface area contributed by atoms with Gasteiger partial charge in [-0.25, -0.2) is 4.79 Å². The Hall–Kier alpha value is -1.67. The van der Waals surface area contributed by atoms with Gasteiger partial charge in [0.2, 0.25) is 0 Å². The van der Waals surface area contributed by atoms with Crippen LogP contribution in [-0.2, 0) is 9.53 Å². The van der Waals surface area contributed by atoms with Crippen molar-refractivity contribution in [1.29, 1.82) is 0 Å². The molecule has 98 valence electrons. The summed E-state index contributed by atoms with van der Waals surface area (Å²) in [4.78, 5) is 21.3. The summed E-state index contributed by atoms with van der Waals surface area (Å²) in [5.74, 6) is -0.622. The fourth-order valence-corrected chi connectivity index (χ4v) is 1.72. The van der Waals surface area contributed by atoms with Gasteiger partial charge in [-0.15, -0.1) is 0 Å². The monoisotopic (exact) mass is 318 g/mol. The largest absolute Gasteiger partial charge is 0.467 e. The van der Waals surface area contributed by atoms with Crippen LogP contribution < -0.4 is 5.32 Å². The third-order valence-corrected chi connectivity index (χ3v) is 2.82. The minimum Gasteiger partial charge on any atom is -0.467 e. The van der Waals surface area contributed by atoms with Crippen molar-refractivity contribution in [1.82, 2.24) is 0 Å². The average Bonchev–Trinajstić information content (AvgIpc) is 2.36. The maximum absolute atomic E-state index is 11.3. The number of nitro groups is 1. The molecule has 0 saturated carbocycles. The van der Waals surface area contributed by atoms with Crippen molar-refractivity contribution in [3.05, 3.63) is 32.8 Å². The van der Waals surface area contributed by atoms with Gasteiger partial charge in [-0.3, -0.25) is 10.1 Å². The molecule has 0 aliphatic heterocycles. The number of ether oxygens (including phenoxy) is 1. The Morgan fingerprint density at radius 1 is 1.67 bits per heavy atom. The maximum atomic E-state index is 11.3. The van der Waals surface area contributed by atoms with E-state index in [2.05, 4.69) is 26.0 Å². The highest BCUT2D eigenvalue weighted by Crippen LogP contribution is 2.27. The number of benzene rings is 1. The molecule has 0 aromatic heterocycles. The molecule has 1 atom stereocenters. The van der Waals surface area contributed by atoms with E-state index in [0.717, 1.165) is 0 Å². The molecule has 0 aliphatic carbocycles. The van der Waals surface area contributed by atoms with E-state index in [-0.39, 0.29) is 5.69 Å². The van der Waals surface area contributed by atoms with Crippen LogP contribution in [0.25, 0.3) is 0 Å². The van der Waals surface area contributed by atoms with Crippen LogP contribution in [0.4, 0.5) is 11.4 Å². The van der Waals surface area contributed by atoms with Gasteiger partial charge in [0, 0.05) is 22.3 Å². The molecule has 0 radical (unpaired) electrons. The molecule has 0 amide bonds. The standard InChI is InChI=1S/C10H11BrN2O5/c1-18-10(15)9(5-14)12-8-3-2-6(13(16)17)4-7(8)11/h2-4,9,12,14H,5H2,1H3. The van der Waals surface area contributed by atoms with E-state index in [1.165, 1.54) is 25.3 Å². The summed E-state index contributed by atoms with van der Waals surface area (Å²) >= 11 is 3.14. The first-order chi connectivity index (χ1) is 8.49. The molecule has 1 unspecified atom stereocenters. The van der Waals surface area contributed by atoms with Gasteiger partial charge < -0.3 is 15.2 Å². The number of carbonyl (C=O) groups excluding carboxylic acids is 1. The van der Waals surface area contributed by atoms with E-state index >= 15 is 0 Å². The van der Waals surface area contributed by atoms with E-state index in [9.17, 15) is 14.9 Å². The first-order valence-corrected chi connectivity index (χ1v) is 5.68. The summed E-state index contributed by atoms with van der Waals surface area (Å²) in [5.41, 5.74) is 0.371. The molecule has 7 nitrogen and oxygen atoms in total. The van der Waals surface area contributed by atoms with Crippen molar-refractivity contribution in [3.8, 4) is 0 Å². The Kier molecular flexibility index (Phi) is 5.05. The van der Waals surface area contributed by atoms with Crippen LogP contribution in [0, 0.1) is 10.1 Å². The summed E-state index contributed by atoms with van der Waals surface area (Å²) < 4.78 is 4.91. The second-order valence-corrected chi connectivity index (χ2v) is 4.18. The quantitative estimate of drug-likeness (QED) is 0.482. The zero-order valence-corrected chi connectivity index (χ0v) is 11.0. The smallest absolute Gasteiger partial charge is 0.330 e. The second kappa shape index (κ2) is 6.31. The fourth-order valence-electron chi connectivity index (χ4n) is 1.24. The Morgan fingerprint density at radius 2 is 2.33 bits per heavy atom. The Bertz CT molecular complexity index is 466. The third-order valence-electron chi connectivity index (χ3n) is 2.16. The van der Waals surface area contributed by atoms with Gasteiger partial charge in [-0.2, -0.15) is 0 Å². The lowest BCUT2D eigenvalue weighted by atomic mass is 10.2. The number of nitrogens with one attached hydrogen (secondary N) is 1. The number of nitrogens with zero attached hydrogens (tertiary/aromatic N) is 1. The summed E-state index contributed by atoms with van der Waals surface area (Å²) in [7, 11) is 1.21. The summed E-state index contributed by atoms with van der Waals surface area (Å²) in [6.07, 6.45) is 0. The Morgan fingerprint density at radius 3 is 2.78 bits per heavy atom. The number of hydrogen-bond acceptors (Lipinski definition) is 6. The number of anilines is 1. The molecule has 0 fully saturated rings. The molecule has 0 heterocycles. The van der Waals surface area contributed by atoms with Crippen LogP contribution >= 0.6 is 15.9 Å². The molecule has 0 saturated heterocycles. The highest BCUT2D eigenvalue weighted by molar-refractivity contribution is 9.10. The molecule has 1 aromatic rings. The predicted molar refractivity (Wildman–Crippen MR) is 67.3 cm³/mol. The van der Waals surface area contributed by atoms with Crippen molar-refractivity contribution in [2.75, 3.05) is 19.0 Å². The van der Waals surface area contributed by atoms with Gasteiger partial charge in [0.05, 0.1) is 18.6 Å². The van der Waals surface area contributed by atoms with Crippen molar-refractivity contribution in [3.63, 3.8) is 0 Å². The van der Waals surface area contributed by atoms with Crippen LogP contribution in [0.15, 0.2) is 22.7 Å². The number of hydrogen-bond donors (Lipinski definition) is 2. The first-order valence-electron chi connectivity index (χ1n) is 4.88. The minimum absolute atomic E-state index is 0.0777. The highest BCUT2D eigenvalue weighted by Gasteiger charge is 2.19. The molecule has 1 aromatic carbocycles. The molecule has 0 spiro atoms. The number of esters is 1. The lowest BCUT2D eigenvalue weighted by Crippen LogP contribution is -2.34. The Labute approximate surface area is 111 Å². The van der Waals surface area contributed by atoms with Crippen molar-refractivity contribution in [2.24, 2.45) is 0 Å². The number of rotatable bonds is 5. The normalized spacial score (nSPS) is 11.7. The Balaban J connectivity index is 2.90. The summed E-state index contributed by atoms with van der Waals surface area (Å²) in [6.45, 7) is -0.448. The van der Waals surface area contributed by atoms with Crippen molar-refractivity contribution < 1.29 is 19.6 Å². The van der Waals surface area contributed by atoms with Crippen LogP contribution in [-0.4, -0.2) is 35.8 Å². The number of aliphatic hydroxyl groups excluding tert-OH is 1. The second-order valence-electron chi connectivity index (χ2n) is 3.32. The zero-order valence-electron chi connectivity index (χ0n) is 9.42. The molecule has 2 N–H and O–H groups in total. The van der Waals surface area contributed by atoms with E-state index in [1.807, 2.05) is 0 Å². The summed E-state index contributed by atoms with van der Waals surface area (Å²) in [6, 6.07) is 3.11. The number of nitro benzene ring substituents is 1. The van der Waals surface area contributed by atoms with Gasteiger partial charge in [0.15, 0.2) is 0 Å². The van der Waals surface area contributed by atoms with Gasteiger partial charge in [0.1, 0.15) is 6.04 Å². The number of non-ortho nitro benzene ring substituents is 1. The molecule has 0 aliphatic rings. The topological polar surface area (TPSA) is 102 Å². The van der Waals surface area contributed by atoms with Crippen molar-refractivity contribution in [2.45, 2.75) is 6.04 Å². The molecule has 0 bridgehead atoms. The summed E-state index contributed by atoms with van der Waals surface area (Å²) in [5, 5.41) is 22.3. The highest BCUT2D eigenvalue weighted by atomic mass is 79.9.